The number of ketones is 1. The van der Waals surface area contributed by atoms with Crippen LogP contribution in [0.1, 0.15) is 38.2 Å². The van der Waals surface area contributed by atoms with E-state index in [1.807, 2.05) is 27.7 Å². The van der Waals surface area contributed by atoms with Crippen LogP contribution in [0, 0.1) is 5.41 Å². The fraction of sp³-hybridized carbons (Fsp3) is 0.667. The summed E-state index contributed by atoms with van der Waals surface area (Å²) in [4.78, 5) is 12.3. The van der Waals surface area contributed by atoms with Crippen LogP contribution in [0.5, 0.6) is 0 Å². The predicted molar refractivity (Wildman–Crippen MR) is 62.5 cm³/mol. The average molecular weight is 224 g/mol. The molecule has 0 aromatic carbocycles. The van der Waals surface area contributed by atoms with Crippen LogP contribution < -0.4 is 0 Å². The zero-order valence-electron chi connectivity index (χ0n) is 10.7. The Balaban J connectivity index is 3.01. The first-order valence-corrected chi connectivity index (χ1v) is 5.50. The monoisotopic (exact) mass is 224 g/mol. The van der Waals surface area contributed by atoms with Crippen molar-refractivity contribution in [2.45, 2.75) is 40.3 Å². The summed E-state index contributed by atoms with van der Waals surface area (Å²) >= 11 is 0. The van der Waals surface area contributed by atoms with Crippen molar-refractivity contribution in [3.63, 3.8) is 0 Å². The smallest absolute Gasteiger partial charge is 0.210 e. The second-order valence-corrected chi connectivity index (χ2v) is 4.88. The molecule has 1 heterocycles. The highest BCUT2D eigenvalue weighted by Crippen LogP contribution is 2.24. The number of ether oxygens (including phenoxy) is 1. The molecule has 1 rings (SSSR count). The second kappa shape index (κ2) is 4.78. The molecule has 1 aromatic rings. The van der Waals surface area contributed by atoms with Crippen LogP contribution in [0.15, 0.2) is 12.3 Å². The minimum atomic E-state index is -0.436. The Labute approximate surface area is 96.6 Å². The van der Waals surface area contributed by atoms with Gasteiger partial charge in [0.1, 0.15) is 11.8 Å². The van der Waals surface area contributed by atoms with E-state index in [1.165, 1.54) is 0 Å². The third-order valence-electron chi connectivity index (χ3n) is 2.53. The first-order valence-electron chi connectivity index (χ1n) is 5.50. The van der Waals surface area contributed by atoms with Crippen molar-refractivity contribution in [2.24, 2.45) is 5.41 Å². The largest absolute Gasteiger partial charge is 0.373 e. The first kappa shape index (κ1) is 12.9. The van der Waals surface area contributed by atoms with Crippen molar-refractivity contribution in [3.8, 4) is 0 Å². The van der Waals surface area contributed by atoms with Gasteiger partial charge < -0.3 is 4.74 Å². The SMILES string of the molecule is CCn1nccc1C(=O)C(OC)C(C)(C)C. The lowest BCUT2D eigenvalue weighted by atomic mass is 9.85. The van der Waals surface area contributed by atoms with Crippen LogP contribution in [-0.2, 0) is 11.3 Å². The number of hydrogen-bond acceptors (Lipinski definition) is 3. The molecule has 0 aliphatic carbocycles. The van der Waals surface area contributed by atoms with E-state index in [-0.39, 0.29) is 11.2 Å². The quantitative estimate of drug-likeness (QED) is 0.736. The lowest BCUT2D eigenvalue weighted by molar-refractivity contribution is 0.0187. The van der Waals surface area contributed by atoms with Crippen molar-refractivity contribution >= 4 is 5.78 Å². The molecule has 0 amide bonds. The van der Waals surface area contributed by atoms with Gasteiger partial charge in [-0.25, -0.2) is 0 Å². The molecule has 4 heteroatoms. The van der Waals surface area contributed by atoms with Gasteiger partial charge in [-0.3, -0.25) is 9.48 Å². The van der Waals surface area contributed by atoms with E-state index < -0.39 is 6.10 Å². The van der Waals surface area contributed by atoms with Gasteiger partial charge in [-0.15, -0.1) is 0 Å². The Bertz CT molecular complexity index is 363. The fourth-order valence-corrected chi connectivity index (χ4v) is 1.78. The Kier molecular flexibility index (Phi) is 3.86. The number of carbonyl (C=O) groups excluding carboxylic acids is 1. The lowest BCUT2D eigenvalue weighted by Gasteiger charge is -2.27. The number of aryl methyl sites for hydroxylation is 1. The molecule has 1 aromatic heterocycles. The third-order valence-corrected chi connectivity index (χ3v) is 2.53. The van der Waals surface area contributed by atoms with E-state index in [0.29, 0.717) is 12.2 Å². The van der Waals surface area contributed by atoms with Gasteiger partial charge in [0.25, 0.3) is 0 Å². The van der Waals surface area contributed by atoms with E-state index in [4.69, 9.17) is 4.74 Å². The van der Waals surface area contributed by atoms with Crippen LogP contribution in [0.2, 0.25) is 0 Å². The molecule has 1 unspecified atom stereocenters. The molecular weight excluding hydrogens is 204 g/mol. The molecule has 0 bridgehead atoms. The standard InChI is InChI=1S/C12H20N2O2/c1-6-14-9(7-8-13-14)10(15)11(16-5)12(2,3)4/h7-8,11H,6H2,1-5H3. The number of rotatable bonds is 4. The Morgan fingerprint density at radius 2 is 2.19 bits per heavy atom. The number of hydrogen-bond donors (Lipinski definition) is 0. The van der Waals surface area contributed by atoms with E-state index in [1.54, 1.807) is 24.1 Å². The zero-order valence-corrected chi connectivity index (χ0v) is 10.7. The molecular formula is C12H20N2O2. The van der Waals surface area contributed by atoms with Crippen LogP contribution >= 0.6 is 0 Å². The zero-order chi connectivity index (χ0) is 12.3. The van der Waals surface area contributed by atoms with Gasteiger partial charge in [0.2, 0.25) is 5.78 Å². The Morgan fingerprint density at radius 3 is 2.62 bits per heavy atom. The van der Waals surface area contributed by atoms with Crippen LogP contribution in [0.25, 0.3) is 0 Å². The molecule has 16 heavy (non-hydrogen) atoms. The summed E-state index contributed by atoms with van der Waals surface area (Å²) in [5, 5.41) is 4.09. The lowest BCUT2D eigenvalue weighted by Crippen LogP contribution is -2.37. The van der Waals surface area contributed by atoms with Crippen molar-refractivity contribution in [1.82, 2.24) is 9.78 Å². The molecule has 4 nitrogen and oxygen atoms in total. The molecule has 0 aliphatic rings. The van der Waals surface area contributed by atoms with E-state index in [0.717, 1.165) is 0 Å². The second-order valence-electron chi connectivity index (χ2n) is 4.88. The highest BCUT2D eigenvalue weighted by Gasteiger charge is 2.33. The van der Waals surface area contributed by atoms with Gasteiger partial charge in [-0.1, -0.05) is 20.8 Å². The number of carbonyl (C=O) groups is 1. The molecule has 0 fully saturated rings. The molecule has 0 N–H and O–H groups in total. The first-order chi connectivity index (χ1) is 7.41. The van der Waals surface area contributed by atoms with Crippen molar-refractivity contribution < 1.29 is 9.53 Å². The third kappa shape index (κ3) is 2.50. The van der Waals surface area contributed by atoms with E-state index in [2.05, 4.69) is 5.10 Å². The predicted octanol–water partition coefficient (Wildman–Crippen LogP) is 2.15. The highest BCUT2D eigenvalue weighted by molar-refractivity contribution is 5.98. The van der Waals surface area contributed by atoms with E-state index >= 15 is 0 Å². The van der Waals surface area contributed by atoms with Gasteiger partial charge in [-0.2, -0.15) is 5.10 Å². The average Bonchev–Trinajstić information content (AvgIpc) is 2.63. The molecule has 0 radical (unpaired) electrons. The summed E-state index contributed by atoms with van der Waals surface area (Å²) in [6.07, 6.45) is 1.21. The van der Waals surface area contributed by atoms with Crippen LogP contribution in [-0.4, -0.2) is 28.8 Å². The summed E-state index contributed by atoms with van der Waals surface area (Å²) in [6.45, 7) is 8.63. The van der Waals surface area contributed by atoms with Gasteiger partial charge >= 0.3 is 0 Å². The summed E-state index contributed by atoms with van der Waals surface area (Å²) in [7, 11) is 1.57. The van der Waals surface area contributed by atoms with Crippen LogP contribution in [0.3, 0.4) is 0 Å². The number of Topliss-reactive ketones (excluding diaryl/α,β-unsaturated/α-hetero) is 1. The van der Waals surface area contributed by atoms with Gasteiger partial charge in [-0.05, 0) is 18.4 Å². The molecule has 0 saturated carbocycles. The summed E-state index contributed by atoms with van der Waals surface area (Å²) in [5.74, 6) is -0.00523. The van der Waals surface area contributed by atoms with Crippen LogP contribution in [0.4, 0.5) is 0 Å². The molecule has 1 atom stereocenters. The molecule has 0 spiro atoms. The molecule has 90 valence electrons. The minimum absolute atomic E-state index is 0.00523. The fourth-order valence-electron chi connectivity index (χ4n) is 1.78. The summed E-state index contributed by atoms with van der Waals surface area (Å²) in [5.41, 5.74) is 0.401. The minimum Gasteiger partial charge on any atom is -0.373 e. The maximum Gasteiger partial charge on any atom is 0.210 e. The van der Waals surface area contributed by atoms with Crippen molar-refractivity contribution in [3.05, 3.63) is 18.0 Å². The number of methoxy groups -OCH3 is 1. The summed E-state index contributed by atoms with van der Waals surface area (Å²) in [6, 6.07) is 1.74. The van der Waals surface area contributed by atoms with Gasteiger partial charge in [0.15, 0.2) is 0 Å². The van der Waals surface area contributed by atoms with Crippen molar-refractivity contribution in [1.29, 1.82) is 0 Å². The summed E-state index contributed by atoms with van der Waals surface area (Å²) < 4.78 is 7.00. The normalized spacial score (nSPS) is 13.8. The topological polar surface area (TPSA) is 44.1 Å². The van der Waals surface area contributed by atoms with Gasteiger partial charge in [0, 0.05) is 19.9 Å². The maximum atomic E-state index is 12.3. The van der Waals surface area contributed by atoms with E-state index in [9.17, 15) is 4.79 Å². The number of nitrogens with zero attached hydrogens (tertiary/aromatic N) is 2. The number of aromatic nitrogens is 2. The van der Waals surface area contributed by atoms with Gasteiger partial charge in [0.05, 0.1) is 0 Å². The Morgan fingerprint density at radius 1 is 1.56 bits per heavy atom. The Hall–Kier alpha value is -1.16. The highest BCUT2D eigenvalue weighted by atomic mass is 16.5. The molecule has 0 aliphatic heterocycles. The maximum absolute atomic E-state index is 12.3. The van der Waals surface area contributed by atoms with Crippen molar-refractivity contribution in [2.75, 3.05) is 7.11 Å². The molecule has 0 saturated heterocycles.